The van der Waals surface area contributed by atoms with E-state index in [1.54, 1.807) is 0 Å². The second-order valence-corrected chi connectivity index (χ2v) is 10.9. The second-order valence-electron chi connectivity index (χ2n) is 7.57. The Balaban J connectivity index is 1.69. The van der Waals surface area contributed by atoms with Crippen molar-refractivity contribution in [1.29, 1.82) is 0 Å². The van der Waals surface area contributed by atoms with Crippen LogP contribution in [0.2, 0.25) is 10.6 Å². The Morgan fingerprint density at radius 1 is 0.650 bits per heavy atom. The summed E-state index contributed by atoms with van der Waals surface area (Å²) in [6, 6.07) is 7.27. The second kappa shape index (κ2) is 11.1. The van der Waals surface area contributed by atoms with Gasteiger partial charge < -0.3 is 31.2 Å². The molecule has 6 N–H and O–H groups in total. The minimum absolute atomic E-state index is 0.0885. The molecule has 0 fully saturated rings. The Hall–Kier alpha value is -4.20. The zero-order valence-corrected chi connectivity index (χ0v) is 22.6. The Labute approximate surface area is 236 Å². The smallest absolute Gasteiger partial charge is 0.233 e. The van der Waals surface area contributed by atoms with Gasteiger partial charge in [-0.2, -0.15) is 29.9 Å². The van der Waals surface area contributed by atoms with Gasteiger partial charge in [-0.25, -0.2) is 16.8 Å². The van der Waals surface area contributed by atoms with E-state index in [9.17, 15) is 25.9 Å². The van der Waals surface area contributed by atoms with Gasteiger partial charge in [0.15, 0.2) is 0 Å². The molecular formula is C20H14Cl2N10O6S2-2. The van der Waals surface area contributed by atoms with Gasteiger partial charge in [0.2, 0.25) is 34.4 Å². The van der Waals surface area contributed by atoms with Crippen molar-refractivity contribution in [3.05, 3.63) is 58.1 Å². The first-order valence-electron chi connectivity index (χ1n) is 10.4. The van der Waals surface area contributed by atoms with Gasteiger partial charge in [0.05, 0.1) is 9.79 Å². The van der Waals surface area contributed by atoms with E-state index < -0.39 is 30.0 Å². The van der Waals surface area contributed by atoms with E-state index in [0.29, 0.717) is 0 Å². The van der Waals surface area contributed by atoms with Gasteiger partial charge in [0.25, 0.3) is 0 Å². The highest BCUT2D eigenvalue weighted by molar-refractivity contribution is 7.86. The lowest BCUT2D eigenvalue weighted by Crippen LogP contribution is -2.06. The van der Waals surface area contributed by atoms with Crippen molar-refractivity contribution in [2.24, 2.45) is 0 Å². The van der Waals surface area contributed by atoms with Crippen molar-refractivity contribution in [2.45, 2.75) is 9.79 Å². The van der Waals surface area contributed by atoms with Crippen LogP contribution < -0.4 is 22.1 Å². The Bertz CT molecular complexity index is 1700. The molecule has 2 heterocycles. The van der Waals surface area contributed by atoms with Crippen LogP contribution in [-0.2, 0) is 20.2 Å². The minimum atomic E-state index is -5.03. The number of rotatable bonds is 8. The molecule has 0 saturated heterocycles. The summed E-state index contributed by atoms with van der Waals surface area (Å²) < 4.78 is 71.9. The minimum Gasteiger partial charge on any atom is -0.744 e. The molecule has 0 spiro atoms. The Morgan fingerprint density at radius 3 is 1.35 bits per heavy atom. The number of hydrogen-bond acceptors (Lipinski definition) is 16. The lowest BCUT2D eigenvalue weighted by atomic mass is 10.1. The van der Waals surface area contributed by atoms with E-state index in [4.69, 9.17) is 34.7 Å². The summed E-state index contributed by atoms with van der Waals surface area (Å²) in [6.07, 6.45) is 2.30. The number of benzene rings is 2. The predicted molar refractivity (Wildman–Crippen MR) is 143 cm³/mol. The van der Waals surface area contributed by atoms with E-state index in [-0.39, 0.29) is 56.9 Å². The molecule has 0 radical (unpaired) electrons. The number of hydrogen-bond donors (Lipinski definition) is 4. The van der Waals surface area contributed by atoms with Gasteiger partial charge in [0, 0.05) is 11.4 Å². The standard InChI is InChI=1S/C20H16Cl2N10O6S2/c21-15-27-17(23)31-19(29-15)25-11-5-3-9(13(7-11)39(33,34)35)1-2-10-4-6-12(8-14(10)40(36,37)38)26-20-30-16(22)28-18(24)32-20/h1-8H,(H,33,34,35)(H,36,37,38)(H3,23,25,27,29,31)(H3,24,26,28,30,32)/p-2/b2-1+. The van der Waals surface area contributed by atoms with Crippen LogP contribution in [0.3, 0.4) is 0 Å². The van der Waals surface area contributed by atoms with E-state index in [1.807, 2.05) is 0 Å². The highest BCUT2D eigenvalue weighted by Crippen LogP contribution is 2.28. The summed E-state index contributed by atoms with van der Waals surface area (Å²) in [5.74, 6) is -0.636. The summed E-state index contributed by atoms with van der Waals surface area (Å²) in [6.45, 7) is 0. The van der Waals surface area contributed by atoms with Gasteiger partial charge in [-0.1, -0.05) is 24.3 Å². The van der Waals surface area contributed by atoms with Gasteiger partial charge >= 0.3 is 0 Å². The molecule has 40 heavy (non-hydrogen) atoms. The zero-order chi connectivity index (χ0) is 29.2. The van der Waals surface area contributed by atoms with Crippen LogP contribution in [0.1, 0.15) is 11.1 Å². The molecule has 0 bridgehead atoms. The van der Waals surface area contributed by atoms with Crippen molar-refractivity contribution < 1.29 is 25.9 Å². The van der Waals surface area contributed by atoms with Crippen molar-refractivity contribution in [3.8, 4) is 0 Å². The molecule has 0 atom stereocenters. The average Bonchev–Trinajstić information content (AvgIpc) is 2.81. The summed E-state index contributed by atoms with van der Waals surface area (Å²) >= 11 is 11.5. The van der Waals surface area contributed by atoms with E-state index in [0.717, 1.165) is 24.3 Å². The summed E-state index contributed by atoms with van der Waals surface area (Å²) in [5.41, 5.74) is 11.0. The molecule has 2 aromatic heterocycles. The first-order chi connectivity index (χ1) is 18.7. The largest absolute Gasteiger partial charge is 0.744 e. The number of nitrogens with two attached hydrogens (primary N) is 2. The average molecular weight is 625 g/mol. The number of nitrogens with one attached hydrogen (secondary N) is 2. The molecule has 4 aromatic rings. The molecule has 0 aliphatic heterocycles. The zero-order valence-electron chi connectivity index (χ0n) is 19.5. The summed E-state index contributed by atoms with van der Waals surface area (Å²) in [5, 5.41) is 4.85. The molecule has 0 aliphatic rings. The topological polar surface area (TPSA) is 268 Å². The van der Waals surface area contributed by atoms with Crippen LogP contribution in [0.25, 0.3) is 12.2 Å². The van der Waals surface area contributed by atoms with Crippen LogP contribution >= 0.6 is 23.2 Å². The maximum atomic E-state index is 12.0. The highest BCUT2D eigenvalue weighted by Gasteiger charge is 2.13. The quantitative estimate of drug-likeness (QED) is 0.161. The lowest BCUT2D eigenvalue weighted by molar-refractivity contribution is 0.460. The maximum absolute atomic E-state index is 12.0. The molecule has 0 amide bonds. The van der Waals surface area contributed by atoms with Crippen molar-refractivity contribution in [2.75, 3.05) is 22.1 Å². The fourth-order valence-electron chi connectivity index (χ4n) is 3.21. The first kappa shape index (κ1) is 28.8. The van der Waals surface area contributed by atoms with Gasteiger partial charge in [-0.05, 0) is 58.6 Å². The third-order valence-corrected chi connectivity index (χ3v) is 6.89. The molecule has 0 saturated carbocycles. The molecule has 208 valence electrons. The normalized spacial score (nSPS) is 12.0. The summed E-state index contributed by atoms with van der Waals surface area (Å²) in [7, 11) is -10.1. The highest BCUT2D eigenvalue weighted by atomic mass is 35.5. The lowest BCUT2D eigenvalue weighted by Gasteiger charge is -2.15. The van der Waals surface area contributed by atoms with Crippen molar-refractivity contribution >= 4 is 90.8 Å². The van der Waals surface area contributed by atoms with Crippen LogP contribution in [0.5, 0.6) is 0 Å². The number of aromatic nitrogens is 6. The van der Waals surface area contributed by atoms with Crippen LogP contribution in [0.15, 0.2) is 46.2 Å². The Morgan fingerprint density at radius 2 is 1.02 bits per heavy atom. The molecule has 2 aromatic carbocycles. The molecule has 0 unspecified atom stereocenters. The molecule has 16 nitrogen and oxygen atoms in total. The molecule has 0 aliphatic carbocycles. The number of halogens is 2. The molecule has 20 heteroatoms. The maximum Gasteiger partial charge on any atom is 0.233 e. The van der Waals surface area contributed by atoms with Gasteiger partial charge in [-0.15, -0.1) is 0 Å². The molecular weight excluding hydrogens is 611 g/mol. The van der Waals surface area contributed by atoms with Crippen LogP contribution in [0, 0.1) is 0 Å². The number of nitrogen functional groups attached to an aromatic ring is 2. The fourth-order valence-corrected chi connectivity index (χ4v) is 4.94. The van der Waals surface area contributed by atoms with E-state index in [2.05, 4.69) is 40.5 Å². The fraction of sp³-hybridized carbons (Fsp3) is 0. The monoisotopic (exact) mass is 624 g/mol. The summed E-state index contributed by atoms with van der Waals surface area (Å²) in [4.78, 5) is 21.0. The van der Waals surface area contributed by atoms with Crippen LogP contribution in [-0.4, -0.2) is 55.8 Å². The van der Waals surface area contributed by atoms with Crippen molar-refractivity contribution in [1.82, 2.24) is 29.9 Å². The van der Waals surface area contributed by atoms with Gasteiger partial charge in [-0.3, -0.25) is 0 Å². The van der Waals surface area contributed by atoms with Crippen molar-refractivity contribution in [3.63, 3.8) is 0 Å². The first-order valence-corrected chi connectivity index (χ1v) is 14.0. The number of nitrogens with zero attached hydrogens (tertiary/aromatic N) is 6. The third kappa shape index (κ3) is 7.25. The third-order valence-electron chi connectivity index (χ3n) is 4.77. The van der Waals surface area contributed by atoms with Gasteiger partial charge in [0.1, 0.15) is 20.2 Å². The Kier molecular flexibility index (Phi) is 8.00. The predicted octanol–water partition coefficient (Wildman–Crippen LogP) is 1.99. The van der Waals surface area contributed by atoms with Crippen LogP contribution in [0.4, 0.5) is 35.2 Å². The number of anilines is 6. The molecule has 4 rings (SSSR count). The van der Waals surface area contributed by atoms with E-state index >= 15 is 0 Å². The van der Waals surface area contributed by atoms with E-state index in [1.165, 1.54) is 24.3 Å². The SMILES string of the molecule is Nc1nc(Cl)nc(Nc2ccc(/C=C/c3ccc(Nc4nc(N)nc(Cl)n4)cc3S(=O)(=O)[O-])c(S(=O)(=O)[O-])c2)n1.